The van der Waals surface area contributed by atoms with Crippen molar-refractivity contribution in [1.82, 2.24) is 5.32 Å². The van der Waals surface area contributed by atoms with Gasteiger partial charge in [0.25, 0.3) is 0 Å². The van der Waals surface area contributed by atoms with Gasteiger partial charge in [-0.05, 0) is 24.6 Å². The Hall–Kier alpha value is -0.480. The molecule has 1 unspecified atom stereocenters. The van der Waals surface area contributed by atoms with Crippen molar-refractivity contribution in [2.45, 2.75) is 20.0 Å². The minimum atomic E-state index is -0.571. The van der Waals surface area contributed by atoms with Crippen molar-refractivity contribution in [3.63, 3.8) is 0 Å². The zero-order valence-corrected chi connectivity index (χ0v) is 12.1. The summed E-state index contributed by atoms with van der Waals surface area (Å²) in [6, 6.07) is 5.00. The van der Waals surface area contributed by atoms with E-state index in [1.807, 2.05) is 0 Å². The van der Waals surface area contributed by atoms with Crippen LogP contribution in [0.2, 0.25) is 10.0 Å². The lowest BCUT2D eigenvalue weighted by molar-refractivity contribution is 0.106. The summed E-state index contributed by atoms with van der Waals surface area (Å²) in [7, 11) is 0. The van der Waals surface area contributed by atoms with E-state index < -0.39 is 6.10 Å². The monoisotopic (exact) mass is 291 g/mol. The first-order chi connectivity index (χ1) is 8.49. The highest BCUT2D eigenvalue weighted by atomic mass is 35.5. The van der Waals surface area contributed by atoms with Gasteiger partial charge in [0, 0.05) is 17.6 Å². The molecule has 0 aliphatic heterocycles. The minimum absolute atomic E-state index is 0.186. The lowest BCUT2D eigenvalue weighted by Crippen LogP contribution is -2.33. The SMILES string of the molecule is CC(C)CNCC(O)COc1cc(Cl)ccc1Cl. The smallest absolute Gasteiger partial charge is 0.139 e. The van der Waals surface area contributed by atoms with E-state index in [1.54, 1.807) is 18.2 Å². The fourth-order valence-corrected chi connectivity index (χ4v) is 1.71. The normalized spacial score (nSPS) is 12.8. The highest BCUT2D eigenvalue weighted by Crippen LogP contribution is 2.27. The fourth-order valence-electron chi connectivity index (χ4n) is 1.37. The third-order valence-corrected chi connectivity index (χ3v) is 2.80. The summed E-state index contributed by atoms with van der Waals surface area (Å²) in [5.74, 6) is 1.05. The molecular formula is C13H19Cl2NO2. The molecule has 0 heterocycles. The molecule has 0 fully saturated rings. The Morgan fingerprint density at radius 2 is 2.00 bits per heavy atom. The van der Waals surface area contributed by atoms with E-state index >= 15 is 0 Å². The largest absolute Gasteiger partial charge is 0.489 e. The molecule has 5 heteroatoms. The van der Waals surface area contributed by atoms with Gasteiger partial charge >= 0.3 is 0 Å². The van der Waals surface area contributed by atoms with Crippen molar-refractivity contribution < 1.29 is 9.84 Å². The molecule has 0 aromatic heterocycles. The first-order valence-corrected chi connectivity index (χ1v) is 6.71. The maximum Gasteiger partial charge on any atom is 0.139 e. The molecule has 0 saturated heterocycles. The van der Waals surface area contributed by atoms with Crippen LogP contribution in [-0.2, 0) is 0 Å². The molecule has 18 heavy (non-hydrogen) atoms. The highest BCUT2D eigenvalue weighted by molar-refractivity contribution is 6.34. The van der Waals surface area contributed by atoms with E-state index in [4.69, 9.17) is 27.9 Å². The van der Waals surface area contributed by atoms with Crippen molar-refractivity contribution in [2.75, 3.05) is 19.7 Å². The number of hydrogen-bond donors (Lipinski definition) is 2. The average Bonchev–Trinajstić information content (AvgIpc) is 2.30. The van der Waals surface area contributed by atoms with Gasteiger partial charge in [0.1, 0.15) is 18.5 Å². The number of aliphatic hydroxyl groups excluding tert-OH is 1. The second-order valence-electron chi connectivity index (χ2n) is 4.59. The van der Waals surface area contributed by atoms with E-state index in [0.717, 1.165) is 6.54 Å². The lowest BCUT2D eigenvalue weighted by Gasteiger charge is -2.15. The number of ether oxygens (including phenoxy) is 1. The Morgan fingerprint density at radius 1 is 1.28 bits per heavy atom. The third-order valence-electron chi connectivity index (χ3n) is 2.26. The van der Waals surface area contributed by atoms with Crippen molar-refractivity contribution in [2.24, 2.45) is 5.92 Å². The standard InChI is InChI=1S/C13H19Cl2NO2/c1-9(2)6-16-7-11(17)8-18-13-5-10(14)3-4-12(13)15/h3-5,9,11,16-17H,6-8H2,1-2H3. The van der Waals surface area contributed by atoms with E-state index in [2.05, 4.69) is 19.2 Å². The second-order valence-corrected chi connectivity index (χ2v) is 5.44. The molecule has 2 N–H and O–H groups in total. The highest BCUT2D eigenvalue weighted by Gasteiger charge is 2.08. The van der Waals surface area contributed by atoms with Crippen LogP contribution in [0.5, 0.6) is 5.75 Å². The number of halogens is 2. The molecule has 1 aromatic carbocycles. The van der Waals surface area contributed by atoms with E-state index in [0.29, 0.717) is 28.3 Å². The number of hydrogen-bond acceptors (Lipinski definition) is 3. The molecule has 0 radical (unpaired) electrons. The lowest BCUT2D eigenvalue weighted by atomic mass is 10.2. The van der Waals surface area contributed by atoms with Crippen LogP contribution in [0.25, 0.3) is 0 Å². The van der Waals surface area contributed by atoms with Gasteiger partial charge in [0.15, 0.2) is 0 Å². The number of aliphatic hydroxyl groups is 1. The predicted molar refractivity (Wildman–Crippen MR) is 75.7 cm³/mol. The summed E-state index contributed by atoms with van der Waals surface area (Å²) in [5, 5.41) is 13.9. The number of rotatable bonds is 7. The number of benzene rings is 1. The first-order valence-electron chi connectivity index (χ1n) is 5.95. The summed E-state index contributed by atoms with van der Waals surface area (Å²) < 4.78 is 5.43. The van der Waals surface area contributed by atoms with Gasteiger partial charge in [-0.1, -0.05) is 37.0 Å². The molecule has 0 saturated carbocycles. The topological polar surface area (TPSA) is 41.5 Å². The molecule has 3 nitrogen and oxygen atoms in total. The summed E-state index contributed by atoms with van der Waals surface area (Å²) in [6.45, 7) is 5.78. The Balaban J connectivity index is 2.33. The van der Waals surface area contributed by atoms with Crippen LogP contribution in [0.15, 0.2) is 18.2 Å². The van der Waals surface area contributed by atoms with Crippen molar-refractivity contribution in [1.29, 1.82) is 0 Å². The quantitative estimate of drug-likeness (QED) is 0.812. The summed E-state index contributed by atoms with van der Waals surface area (Å²) in [5.41, 5.74) is 0. The third kappa shape index (κ3) is 5.91. The average molecular weight is 292 g/mol. The molecule has 1 atom stereocenters. The van der Waals surface area contributed by atoms with Crippen LogP contribution in [0, 0.1) is 5.92 Å². The van der Waals surface area contributed by atoms with Gasteiger partial charge in [0.2, 0.25) is 0 Å². The van der Waals surface area contributed by atoms with Gasteiger partial charge < -0.3 is 15.2 Å². The van der Waals surface area contributed by atoms with Crippen LogP contribution < -0.4 is 10.1 Å². The molecular weight excluding hydrogens is 273 g/mol. The molecule has 102 valence electrons. The van der Waals surface area contributed by atoms with Crippen LogP contribution in [0.3, 0.4) is 0 Å². The zero-order chi connectivity index (χ0) is 13.5. The van der Waals surface area contributed by atoms with E-state index in [1.165, 1.54) is 0 Å². The Kier molecular flexibility index (Phi) is 6.79. The van der Waals surface area contributed by atoms with E-state index in [9.17, 15) is 5.11 Å². The van der Waals surface area contributed by atoms with Gasteiger partial charge in [-0.3, -0.25) is 0 Å². The van der Waals surface area contributed by atoms with E-state index in [-0.39, 0.29) is 6.61 Å². The molecule has 0 aliphatic carbocycles. The molecule has 1 rings (SSSR count). The maximum atomic E-state index is 9.72. The Bertz CT molecular complexity index is 372. The van der Waals surface area contributed by atoms with Gasteiger partial charge in [0.05, 0.1) is 5.02 Å². The predicted octanol–water partition coefficient (Wildman–Crippen LogP) is 2.98. The Labute approximate surface area is 118 Å². The molecule has 0 spiro atoms. The fraction of sp³-hybridized carbons (Fsp3) is 0.538. The first kappa shape index (κ1) is 15.6. The van der Waals surface area contributed by atoms with Crippen LogP contribution in [-0.4, -0.2) is 30.9 Å². The van der Waals surface area contributed by atoms with Crippen LogP contribution in [0.1, 0.15) is 13.8 Å². The molecule has 0 aliphatic rings. The van der Waals surface area contributed by atoms with Crippen molar-refractivity contribution in [3.05, 3.63) is 28.2 Å². The molecule has 0 bridgehead atoms. The second kappa shape index (κ2) is 7.85. The molecule has 0 amide bonds. The minimum Gasteiger partial charge on any atom is -0.489 e. The van der Waals surface area contributed by atoms with Crippen LogP contribution in [0.4, 0.5) is 0 Å². The van der Waals surface area contributed by atoms with Gasteiger partial charge in [-0.15, -0.1) is 0 Å². The summed E-state index contributed by atoms with van der Waals surface area (Å²) >= 11 is 11.8. The van der Waals surface area contributed by atoms with Crippen molar-refractivity contribution >= 4 is 23.2 Å². The van der Waals surface area contributed by atoms with Crippen molar-refractivity contribution in [3.8, 4) is 5.75 Å². The Morgan fingerprint density at radius 3 is 2.67 bits per heavy atom. The summed E-state index contributed by atoms with van der Waals surface area (Å²) in [4.78, 5) is 0. The number of nitrogens with one attached hydrogen (secondary N) is 1. The van der Waals surface area contributed by atoms with Gasteiger partial charge in [-0.25, -0.2) is 0 Å². The maximum absolute atomic E-state index is 9.72. The van der Waals surface area contributed by atoms with Crippen LogP contribution >= 0.6 is 23.2 Å². The summed E-state index contributed by atoms with van der Waals surface area (Å²) in [6.07, 6.45) is -0.571. The molecule has 1 aromatic rings. The zero-order valence-electron chi connectivity index (χ0n) is 10.6. The van der Waals surface area contributed by atoms with Gasteiger partial charge in [-0.2, -0.15) is 0 Å².